The smallest absolute Gasteiger partial charge is 0.274 e. The number of hydrogen-bond donors (Lipinski definition) is 0. The van der Waals surface area contributed by atoms with Crippen LogP contribution in [0.2, 0.25) is 0 Å². The number of sulfonamides is 1. The van der Waals surface area contributed by atoms with Gasteiger partial charge in [-0.25, -0.2) is 12.7 Å². The number of rotatable bonds is 6. The molecule has 0 bridgehead atoms. The zero-order chi connectivity index (χ0) is 22.0. The average molecular weight is 457 g/mol. The molecule has 0 saturated heterocycles. The fraction of sp³-hybridized carbons (Fsp3) is 0.261. The molecule has 0 radical (unpaired) electrons. The van der Waals surface area contributed by atoms with Crippen LogP contribution in [0.15, 0.2) is 70.3 Å². The van der Waals surface area contributed by atoms with Crippen molar-refractivity contribution in [1.29, 1.82) is 0 Å². The molecule has 0 N–H and O–H groups in total. The van der Waals surface area contributed by atoms with Gasteiger partial charge in [0.1, 0.15) is 16.0 Å². The van der Waals surface area contributed by atoms with Crippen molar-refractivity contribution in [1.82, 2.24) is 4.90 Å². The maximum atomic E-state index is 13.6. The van der Waals surface area contributed by atoms with Crippen LogP contribution in [0.3, 0.4) is 0 Å². The highest BCUT2D eigenvalue weighted by atomic mass is 32.2. The lowest BCUT2D eigenvalue weighted by molar-refractivity contribution is -0.132. The van der Waals surface area contributed by atoms with Gasteiger partial charge in [0, 0.05) is 13.1 Å². The summed E-state index contributed by atoms with van der Waals surface area (Å²) in [6.07, 6.45) is 0.751. The summed E-state index contributed by atoms with van der Waals surface area (Å²) in [5, 5.41) is 1.71. The van der Waals surface area contributed by atoms with Crippen LogP contribution in [-0.4, -0.2) is 38.9 Å². The lowest BCUT2D eigenvalue weighted by Crippen LogP contribution is -2.50. The van der Waals surface area contributed by atoms with Crippen molar-refractivity contribution in [3.8, 4) is 5.75 Å². The lowest BCUT2D eigenvalue weighted by atomic mass is 9.99. The SMILES string of the molecule is COc1ccccc1N([C@H](C)C(=O)N1CCc2ccccc2C1)S(=O)(=O)c1cccs1. The van der Waals surface area contributed by atoms with Crippen LogP contribution in [0.1, 0.15) is 18.1 Å². The van der Waals surface area contributed by atoms with E-state index in [1.807, 2.05) is 18.2 Å². The maximum absolute atomic E-state index is 13.6. The Balaban J connectivity index is 1.72. The standard InChI is InChI=1S/C23H24N2O4S2/c1-17(23(26)24-14-13-18-8-3-4-9-19(18)16-24)25(20-10-5-6-11-21(20)29-2)31(27,28)22-12-7-15-30-22/h3-12,15,17H,13-14,16H2,1-2H3/t17-/m1/s1. The van der Waals surface area contributed by atoms with Crippen LogP contribution >= 0.6 is 11.3 Å². The molecule has 1 amide bonds. The van der Waals surface area contributed by atoms with Gasteiger partial charge in [0.2, 0.25) is 5.91 Å². The minimum atomic E-state index is -3.96. The van der Waals surface area contributed by atoms with E-state index < -0.39 is 16.1 Å². The van der Waals surface area contributed by atoms with Crippen LogP contribution in [0.4, 0.5) is 5.69 Å². The van der Waals surface area contributed by atoms with Crippen LogP contribution in [0.5, 0.6) is 5.75 Å². The van der Waals surface area contributed by atoms with Crippen molar-refractivity contribution in [2.24, 2.45) is 0 Å². The fourth-order valence-electron chi connectivity index (χ4n) is 3.91. The average Bonchev–Trinajstić information content (AvgIpc) is 3.34. The van der Waals surface area contributed by atoms with E-state index in [0.29, 0.717) is 24.5 Å². The van der Waals surface area contributed by atoms with Crippen molar-refractivity contribution in [3.05, 3.63) is 77.2 Å². The molecule has 0 fully saturated rings. The Morgan fingerprint density at radius 3 is 2.48 bits per heavy atom. The minimum Gasteiger partial charge on any atom is -0.495 e. The summed E-state index contributed by atoms with van der Waals surface area (Å²) in [7, 11) is -2.47. The zero-order valence-corrected chi connectivity index (χ0v) is 19.0. The van der Waals surface area contributed by atoms with E-state index >= 15 is 0 Å². The summed E-state index contributed by atoms with van der Waals surface area (Å²) >= 11 is 1.13. The molecule has 0 spiro atoms. The van der Waals surface area contributed by atoms with Gasteiger partial charge in [-0.05, 0) is 48.1 Å². The highest BCUT2D eigenvalue weighted by molar-refractivity contribution is 7.94. The van der Waals surface area contributed by atoms with Crippen LogP contribution < -0.4 is 9.04 Å². The predicted molar refractivity (Wildman–Crippen MR) is 122 cm³/mol. The molecule has 0 unspecified atom stereocenters. The van der Waals surface area contributed by atoms with Crippen molar-refractivity contribution >= 4 is 33.0 Å². The number of benzene rings is 2. The maximum Gasteiger partial charge on any atom is 0.274 e. The topological polar surface area (TPSA) is 66.9 Å². The second-order valence-corrected chi connectivity index (χ2v) is 10.3. The van der Waals surface area contributed by atoms with Gasteiger partial charge in [-0.3, -0.25) is 4.79 Å². The molecule has 8 heteroatoms. The largest absolute Gasteiger partial charge is 0.495 e. The summed E-state index contributed by atoms with van der Waals surface area (Å²) in [6.45, 7) is 2.66. The zero-order valence-electron chi connectivity index (χ0n) is 17.4. The number of ether oxygens (including phenoxy) is 1. The lowest BCUT2D eigenvalue weighted by Gasteiger charge is -2.35. The van der Waals surface area contributed by atoms with E-state index in [1.54, 1.807) is 53.6 Å². The molecule has 4 rings (SSSR count). The Kier molecular flexibility index (Phi) is 6.02. The number of nitrogens with zero attached hydrogens (tertiary/aromatic N) is 2. The molecule has 1 aromatic heterocycles. The number of carbonyl (C=O) groups excluding carboxylic acids is 1. The summed E-state index contributed by atoms with van der Waals surface area (Å²) < 4.78 is 34.0. The number of hydrogen-bond acceptors (Lipinski definition) is 5. The van der Waals surface area contributed by atoms with Crippen LogP contribution in [0, 0.1) is 0 Å². The first-order chi connectivity index (χ1) is 14.9. The Labute approximate surface area is 186 Å². The predicted octanol–water partition coefficient (Wildman–Crippen LogP) is 3.93. The van der Waals surface area contributed by atoms with Gasteiger partial charge in [-0.1, -0.05) is 42.5 Å². The summed E-state index contributed by atoms with van der Waals surface area (Å²) in [6, 6.07) is 17.2. The van der Waals surface area contributed by atoms with Crippen LogP contribution in [0.25, 0.3) is 0 Å². The van der Waals surface area contributed by atoms with Gasteiger partial charge < -0.3 is 9.64 Å². The number of carbonyl (C=O) groups is 1. The van der Waals surface area contributed by atoms with E-state index in [0.717, 1.165) is 23.3 Å². The first-order valence-electron chi connectivity index (χ1n) is 10.00. The molecular weight excluding hydrogens is 432 g/mol. The van der Waals surface area contributed by atoms with E-state index in [4.69, 9.17) is 4.74 Å². The Hall–Kier alpha value is -2.84. The highest BCUT2D eigenvalue weighted by Crippen LogP contribution is 2.35. The summed E-state index contributed by atoms with van der Waals surface area (Å²) in [5.74, 6) is 0.159. The Bertz CT molecular complexity index is 1180. The quantitative estimate of drug-likeness (QED) is 0.564. The molecule has 31 heavy (non-hydrogen) atoms. The van der Waals surface area contributed by atoms with E-state index in [2.05, 4.69) is 6.07 Å². The van der Waals surface area contributed by atoms with Crippen molar-refractivity contribution in [2.45, 2.75) is 30.1 Å². The van der Waals surface area contributed by atoms with Gasteiger partial charge in [-0.2, -0.15) is 0 Å². The number of thiophene rings is 1. The summed E-state index contributed by atoms with van der Waals surface area (Å²) in [5.41, 5.74) is 2.67. The third kappa shape index (κ3) is 4.05. The molecule has 3 aromatic rings. The fourth-order valence-corrected chi connectivity index (χ4v) is 6.62. The molecule has 162 valence electrons. The van der Waals surface area contributed by atoms with Gasteiger partial charge in [0.25, 0.3) is 10.0 Å². The normalized spacial score (nSPS) is 14.6. The van der Waals surface area contributed by atoms with E-state index in [9.17, 15) is 13.2 Å². The first kappa shape index (κ1) is 21.4. The third-order valence-electron chi connectivity index (χ3n) is 5.48. The molecule has 6 nitrogen and oxygen atoms in total. The second-order valence-electron chi connectivity index (χ2n) is 7.36. The molecule has 1 aliphatic heterocycles. The van der Waals surface area contributed by atoms with Crippen molar-refractivity contribution < 1.29 is 17.9 Å². The van der Waals surface area contributed by atoms with Gasteiger partial charge in [0.15, 0.2) is 0 Å². The highest BCUT2D eigenvalue weighted by Gasteiger charge is 2.38. The molecule has 1 atom stereocenters. The second kappa shape index (κ2) is 8.72. The van der Waals surface area contributed by atoms with E-state index in [-0.39, 0.29) is 10.1 Å². The molecule has 1 aliphatic rings. The van der Waals surface area contributed by atoms with Gasteiger partial charge >= 0.3 is 0 Å². The molecular formula is C23H24N2O4S2. The summed E-state index contributed by atoms with van der Waals surface area (Å²) in [4.78, 5) is 15.3. The molecule has 2 heterocycles. The minimum absolute atomic E-state index is 0.182. The number of fused-ring (bicyclic) bond motifs is 1. The Morgan fingerprint density at radius 1 is 1.06 bits per heavy atom. The third-order valence-corrected chi connectivity index (χ3v) is 8.74. The molecule has 0 aliphatic carbocycles. The number of anilines is 1. The molecule has 0 saturated carbocycles. The number of methoxy groups -OCH3 is 1. The monoisotopic (exact) mass is 456 g/mol. The van der Waals surface area contributed by atoms with Gasteiger partial charge in [0.05, 0.1) is 12.8 Å². The van der Waals surface area contributed by atoms with Crippen molar-refractivity contribution in [2.75, 3.05) is 18.0 Å². The Morgan fingerprint density at radius 2 is 1.77 bits per heavy atom. The molecule has 2 aromatic carbocycles. The van der Waals surface area contributed by atoms with Crippen molar-refractivity contribution in [3.63, 3.8) is 0 Å². The van der Waals surface area contributed by atoms with Crippen LogP contribution in [-0.2, 0) is 27.8 Å². The number of para-hydroxylation sites is 2. The number of amides is 1. The van der Waals surface area contributed by atoms with E-state index in [1.165, 1.54) is 17.0 Å². The first-order valence-corrected chi connectivity index (χ1v) is 12.3. The van der Waals surface area contributed by atoms with Gasteiger partial charge in [-0.15, -0.1) is 11.3 Å².